The molecule has 0 saturated carbocycles. The minimum Gasteiger partial charge on any atom is -0.463 e. The van der Waals surface area contributed by atoms with Gasteiger partial charge in [-0.15, -0.1) is 0 Å². The quantitative estimate of drug-likeness (QED) is 0.678. The average Bonchev–Trinajstić information content (AvgIpc) is 2.39. The van der Waals surface area contributed by atoms with E-state index in [0.717, 1.165) is 11.2 Å². The summed E-state index contributed by atoms with van der Waals surface area (Å²) in [5.74, 6) is -0.450. The van der Waals surface area contributed by atoms with Crippen LogP contribution in [0.4, 0.5) is 0 Å². The van der Waals surface area contributed by atoms with E-state index in [1.165, 1.54) is 12.2 Å². The molecule has 2 aromatic rings. The van der Waals surface area contributed by atoms with E-state index in [4.69, 9.17) is 4.74 Å². The Morgan fingerprint density at radius 2 is 2.11 bits per heavy atom. The molecule has 4 nitrogen and oxygen atoms in total. The standard InChI is InChI=1S/C15H15NO3/c1-3-19-14(17)9-8-11-10(2)16-13-7-5-4-6-12(13)15(11)18/h4-9H,3H2,1-2H3,(H,16,18)/b9-8+. The monoisotopic (exact) mass is 257 g/mol. The zero-order valence-electron chi connectivity index (χ0n) is 10.9. The van der Waals surface area contributed by atoms with E-state index in [1.807, 2.05) is 18.2 Å². The Labute approximate surface area is 110 Å². The smallest absolute Gasteiger partial charge is 0.330 e. The number of hydrogen-bond acceptors (Lipinski definition) is 3. The first-order valence-electron chi connectivity index (χ1n) is 6.10. The van der Waals surface area contributed by atoms with E-state index >= 15 is 0 Å². The van der Waals surface area contributed by atoms with Gasteiger partial charge in [0.05, 0.1) is 6.61 Å². The molecule has 19 heavy (non-hydrogen) atoms. The highest BCUT2D eigenvalue weighted by Crippen LogP contribution is 2.11. The van der Waals surface area contributed by atoms with Crippen molar-refractivity contribution in [1.29, 1.82) is 0 Å². The van der Waals surface area contributed by atoms with Crippen LogP contribution in [0.5, 0.6) is 0 Å². The van der Waals surface area contributed by atoms with E-state index in [9.17, 15) is 9.59 Å². The number of hydrogen-bond donors (Lipinski definition) is 1. The van der Waals surface area contributed by atoms with Crippen molar-refractivity contribution in [3.8, 4) is 0 Å². The summed E-state index contributed by atoms with van der Waals surface area (Å²) in [6, 6.07) is 7.29. The lowest BCUT2D eigenvalue weighted by Crippen LogP contribution is -2.10. The van der Waals surface area contributed by atoms with Crippen molar-refractivity contribution in [2.75, 3.05) is 6.61 Å². The van der Waals surface area contributed by atoms with Crippen molar-refractivity contribution in [1.82, 2.24) is 4.98 Å². The third kappa shape index (κ3) is 2.73. The van der Waals surface area contributed by atoms with Crippen LogP contribution in [0.1, 0.15) is 18.2 Å². The van der Waals surface area contributed by atoms with Gasteiger partial charge in [-0.25, -0.2) is 4.79 Å². The van der Waals surface area contributed by atoms with Gasteiger partial charge in [0, 0.05) is 28.2 Å². The van der Waals surface area contributed by atoms with Crippen LogP contribution >= 0.6 is 0 Å². The predicted molar refractivity (Wildman–Crippen MR) is 75.0 cm³/mol. The molecule has 0 bridgehead atoms. The molecule has 0 aliphatic rings. The molecule has 4 heteroatoms. The van der Waals surface area contributed by atoms with Crippen molar-refractivity contribution in [3.63, 3.8) is 0 Å². The molecule has 1 aromatic carbocycles. The molecular formula is C15H15NO3. The van der Waals surface area contributed by atoms with Gasteiger partial charge < -0.3 is 9.72 Å². The summed E-state index contributed by atoms with van der Waals surface area (Å²) in [5, 5.41) is 0.608. The molecule has 98 valence electrons. The number of aryl methyl sites for hydroxylation is 1. The van der Waals surface area contributed by atoms with Crippen LogP contribution in [0.15, 0.2) is 35.1 Å². The minimum absolute atomic E-state index is 0.0904. The fourth-order valence-electron chi connectivity index (χ4n) is 1.92. The third-order valence-electron chi connectivity index (χ3n) is 2.82. The first-order chi connectivity index (χ1) is 9.13. The van der Waals surface area contributed by atoms with Crippen molar-refractivity contribution >= 4 is 22.9 Å². The number of esters is 1. The Bertz CT molecular complexity index is 698. The summed E-state index contributed by atoms with van der Waals surface area (Å²) in [6.45, 7) is 3.86. The first kappa shape index (κ1) is 13.1. The van der Waals surface area contributed by atoms with Crippen LogP contribution in [0.3, 0.4) is 0 Å². The molecule has 0 fully saturated rings. The van der Waals surface area contributed by atoms with Crippen LogP contribution in [-0.2, 0) is 9.53 Å². The van der Waals surface area contributed by atoms with Crippen LogP contribution in [0.2, 0.25) is 0 Å². The summed E-state index contributed by atoms with van der Waals surface area (Å²) in [5.41, 5.74) is 1.90. The molecule has 2 rings (SSSR count). The Balaban J connectivity index is 2.49. The van der Waals surface area contributed by atoms with Crippen LogP contribution in [0.25, 0.3) is 17.0 Å². The number of ether oxygens (including phenoxy) is 1. The van der Waals surface area contributed by atoms with Crippen LogP contribution in [-0.4, -0.2) is 17.6 Å². The van der Waals surface area contributed by atoms with Crippen molar-refractivity contribution < 1.29 is 9.53 Å². The first-order valence-corrected chi connectivity index (χ1v) is 6.10. The number of carbonyl (C=O) groups excluding carboxylic acids is 1. The van der Waals surface area contributed by atoms with E-state index < -0.39 is 5.97 Å². The zero-order chi connectivity index (χ0) is 13.8. The van der Waals surface area contributed by atoms with E-state index in [0.29, 0.717) is 17.6 Å². The maximum absolute atomic E-state index is 12.3. The summed E-state index contributed by atoms with van der Waals surface area (Å²) < 4.78 is 4.79. The summed E-state index contributed by atoms with van der Waals surface area (Å²) >= 11 is 0. The fraction of sp³-hybridized carbons (Fsp3) is 0.200. The lowest BCUT2D eigenvalue weighted by atomic mass is 10.1. The molecule has 0 aliphatic heterocycles. The van der Waals surface area contributed by atoms with Gasteiger partial charge in [-0.05, 0) is 32.1 Å². The lowest BCUT2D eigenvalue weighted by Gasteiger charge is -2.04. The van der Waals surface area contributed by atoms with E-state index in [2.05, 4.69) is 4.98 Å². The van der Waals surface area contributed by atoms with Crippen molar-refractivity contribution in [2.24, 2.45) is 0 Å². The Morgan fingerprint density at radius 3 is 2.84 bits per heavy atom. The highest BCUT2D eigenvalue weighted by atomic mass is 16.5. The second kappa shape index (κ2) is 5.52. The van der Waals surface area contributed by atoms with Crippen molar-refractivity contribution in [2.45, 2.75) is 13.8 Å². The lowest BCUT2D eigenvalue weighted by molar-refractivity contribution is -0.137. The number of fused-ring (bicyclic) bond motifs is 1. The molecule has 0 spiro atoms. The van der Waals surface area contributed by atoms with E-state index in [-0.39, 0.29) is 5.43 Å². The molecule has 1 aromatic heterocycles. The van der Waals surface area contributed by atoms with Gasteiger partial charge >= 0.3 is 5.97 Å². The second-order valence-electron chi connectivity index (χ2n) is 4.12. The zero-order valence-corrected chi connectivity index (χ0v) is 10.9. The van der Waals surface area contributed by atoms with Crippen LogP contribution in [0, 0.1) is 6.92 Å². The Morgan fingerprint density at radius 1 is 1.37 bits per heavy atom. The number of benzene rings is 1. The van der Waals surface area contributed by atoms with Gasteiger partial charge in [0.25, 0.3) is 0 Å². The predicted octanol–water partition coefficient (Wildman–Crippen LogP) is 2.41. The van der Waals surface area contributed by atoms with Gasteiger partial charge in [-0.2, -0.15) is 0 Å². The molecule has 1 heterocycles. The fourth-order valence-corrected chi connectivity index (χ4v) is 1.92. The number of aromatic amines is 1. The van der Waals surface area contributed by atoms with Gasteiger partial charge in [0.1, 0.15) is 0 Å². The molecular weight excluding hydrogens is 242 g/mol. The highest BCUT2D eigenvalue weighted by Gasteiger charge is 2.06. The van der Waals surface area contributed by atoms with Gasteiger partial charge in [0.2, 0.25) is 0 Å². The van der Waals surface area contributed by atoms with Crippen LogP contribution < -0.4 is 5.43 Å². The Kier molecular flexibility index (Phi) is 3.80. The Hall–Kier alpha value is -2.36. The minimum atomic E-state index is -0.450. The maximum atomic E-state index is 12.3. The highest BCUT2D eigenvalue weighted by molar-refractivity contribution is 5.88. The second-order valence-corrected chi connectivity index (χ2v) is 4.12. The molecule has 0 amide bonds. The van der Waals surface area contributed by atoms with E-state index in [1.54, 1.807) is 19.9 Å². The molecule has 0 atom stereocenters. The maximum Gasteiger partial charge on any atom is 0.330 e. The molecule has 0 radical (unpaired) electrons. The number of H-pyrrole nitrogens is 1. The SMILES string of the molecule is CCOC(=O)/C=C/c1c(C)[nH]c2ccccc2c1=O. The number of pyridine rings is 1. The topological polar surface area (TPSA) is 59.2 Å². The summed E-state index contributed by atoms with van der Waals surface area (Å²) in [7, 11) is 0. The molecule has 0 unspecified atom stereocenters. The molecule has 1 N–H and O–H groups in total. The number of rotatable bonds is 3. The van der Waals surface area contributed by atoms with Gasteiger partial charge in [-0.1, -0.05) is 12.1 Å². The number of carbonyl (C=O) groups is 1. The summed E-state index contributed by atoms with van der Waals surface area (Å²) in [6.07, 6.45) is 2.77. The average molecular weight is 257 g/mol. The third-order valence-corrected chi connectivity index (χ3v) is 2.82. The number of nitrogens with one attached hydrogen (secondary N) is 1. The normalized spacial score (nSPS) is 11.1. The molecule has 0 saturated heterocycles. The molecule has 0 aliphatic carbocycles. The number of aromatic nitrogens is 1. The summed E-state index contributed by atoms with van der Waals surface area (Å²) in [4.78, 5) is 26.7. The van der Waals surface area contributed by atoms with Gasteiger partial charge in [0.15, 0.2) is 5.43 Å². The number of para-hydroxylation sites is 1. The van der Waals surface area contributed by atoms with Crippen molar-refractivity contribution in [3.05, 3.63) is 51.8 Å². The largest absolute Gasteiger partial charge is 0.463 e. The van der Waals surface area contributed by atoms with Gasteiger partial charge in [-0.3, -0.25) is 4.79 Å².